The Morgan fingerprint density at radius 2 is 1.12 bits per heavy atom. The Hall–Kier alpha value is -2.69. The third kappa shape index (κ3) is 6.65. The Morgan fingerprint density at radius 3 is 1.45 bits per heavy atom. The fraction of sp³-hybridized carbons (Fsp3) is 0.345. The molecule has 0 bridgehead atoms. The lowest BCUT2D eigenvalue weighted by Gasteiger charge is -2.33. The number of amides is 1. The van der Waals surface area contributed by atoms with Crippen molar-refractivity contribution in [2.45, 2.75) is 57.8 Å². The van der Waals surface area contributed by atoms with E-state index in [1.54, 1.807) is 0 Å². The van der Waals surface area contributed by atoms with Gasteiger partial charge in [-0.1, -0.05) is 89.5 Å². The van der Waals surface area contributed by atoms with E-state index in [0.29, 0.717) is 13.0 Å². The molecule has 1 fully saturated rings. The van der Waals surface area contributed by atoms with E-state index in [4.69, 9.17) is 4.43 Å². The molecule has 33 heavy (non-hydrogen) atoms. The first kappa shape index (κ1) is 23.5. The average molecular weight is 458 g/mol. The van der Waals surface area contributed by atoms with E-state index >= 15 is 0 Å². The molecule has 1 N–H and O–H groups in total. The maximum atomic E-state index is 11.8. The van der Waals surface area contributed by atoms with Gasteiger partial charge in [-0.3, -0.25) is 4.79 Å². The lowest BCUT2D eigenvalue weighted by atomic mass is 10.2. The second-order valence-electron chi connectivity index (χ2n) is 9.78. The number of hydrogen-bond donors (Lipinski definition) is 1. The van der Waals surface area contributed by atoms with Crippen LogP contribution in [0.1, 0.15) is 46.2 Å². The summed E-state index contributed by atoms with van der Waals surface area (Å²) in [6.45, 7) is 6.99. The average Bonchev–Trinajstić information content (AvgIpc) is 3.22. The first-order valence-electron chi connectivity index (χ1n) is 12.0. The van der Waals surface area contributed by atoms with Gasteiger partial charge in [-0.15, -0.1) is 0 Å². The minimum atomic E-state index is -2.31. The van der Waals surface area contributed by atoms with Gasteiger partial charge in [0.15, 0.2) is 0 Å². The summed E-state index contributed by atoms with van der Waals surface area (Å²) in [4.78, 5) is 11.8. The van der Waals surface area contributed by atoms with Crippen LogP contribution in [0.5, 0.6) is 0 Å². The summed E-state index contributed by atoms with van der Waals surface area (Å²) in [5.41, 5.74) is 7.83. The first-order chi connectivity index (χ1) is 15.9. The van der Waals surface area contributed by atoms with Crippen molar-refractivity contribution < 1.29 is 9.22 Å². The molecule has 1 atom stereocenters. The second kappa shape index (κ2) is 10.5. The molecule has 1 heterocycles. The fourth-order valence-corrected chi connectivity index (χ4v) is 8.83. The summed E-state index contributed by atoms with van der Waals surface area (Å²) in [5, 5.41) is 3.10. The largest absolute Gasteiger partial charge is 0.414 e. The van der Waals surface area contributed by atoms with Crippen molar-refractivity contribution in [3.05, 3.63) is 106 Å². The Morgan fingerprint density at radius 1 is 0.727 bits per heavy atom. The van der Waals surface area contributed by atoms with Gasteiger partial charge in [0, 0.05) is 6.42 Å². The van der Waals surface area contributed by atoms with E-state index in [-0.39, 0.29) is 11.9 Å². The standard InChI is InChI=1S/C29H35NO2Si/c1-22-4-10-25(11-5-22)19-33(20-26-12-6-23(2)7-13-26,21-27-14-8-24(3)9-15-27)32-18-28-16-17-29(31)30-28/h4-15,28H,16-21H2,1-3H3,(H,30,31). The van der Waals surface area contributed by atoms with Gasteiger partial charge in [0.25, 0.3) is 0 Å². The molecule has 4 rings (SSSR count). The molecular formula is C29H35NO2Si. The third-order valence-electron chi connectivity index (χ3n) is 6.62. The molecule has 1 aliphatic rings. The number of carbonyl (C=O) groups is 1. The molecule has 3 aromatic rings. The van der Waals surface area contributed by atoms with E-state index < -0.39 is 8.32 Å². The topological polar surface area (TPSA) is 38.3 Å². The van der Waals surface area contributed by atoms with Gasteiger partial charge in [-0.05, 0) is 62.0 Å². The van der Waals surface area contributed by atoms with Crippen LogP contribution in [0.2, 0.25) is 0 Å². The highest BCUT2D eigenvalue weighted by Gasteiger charge is 2.37. The number of hydrogen-bond acceptors (Lipinski definition) is 2. The summed E-state index contributed by atoms with van der Waals surface area (Å²) < 4.78 is 6.99. The maximum absolute atomic E-state index is 11.8. The van der Waals surface area contributed by atoms with Crippen molar-refractivity contribution in [2.24, 2.45) is 0 Å². The summed E-state index contributed by atoms with van der Waals surface area (Å²) in [6.07, 6.45) is 1.47. The molecule has 0 spiro atoms. The molecule has 1 unspecified atom stereocenters. The molecule has 3 nitrogen and oxygen atoms in total. The zero-order chi connectivity index (χ0) is 23.3. The molecule has 1 saturated heterocycles. The van der Waals surface area contributed by atoms with E-state index in [1.807, 2.05) is 0 Å². The van der Waals surface area contributed by atoms with E-state index in [0.717, 1.165) is 24.6 Å². The van der Waals surface area contributed by atoms with E-state index in [2.05, 4.69) is 98.9 Å². The molecule has 1 aliphatic heterocycles. The number of nitrogens with one attached hydrogen (secondary N) is 1. The molecule has 3 aromatic carbocycles. The number of benzene rings is 3. The predicted octanol–water partition coefficient (Wildman–Crippen LogP) is 5.50. The van der Waals surface area contributed by atoms with Crippen LogP contribution in [0.25, 0.3) is 0 Å². The molecule has 0 aromatic heterocycles. The van der Waals surface area contributed by atoms with Crippen molar-refractivity contribution in [3.63, 3.8) is 0 Å². The van der Waals surface area contributed by atoms with Gasteiger partial charge >= 0.3 is 0 Å². The van der Waals surface area contributed by atoms with Crippen LogP contribution in [0.4, 0.5) is 0 Å². The molecule has 0 saturated carbocycles. The summed E-state index contributed by atoms with van der Waals surface area (Å²) in [5.74, 6) is 0.145. The lowest BCUT2D eigenvalue weighted by Crippen LogP contribution is -2.49. The number of aryl methyl sites for hydroxylation is 3. The van der Waals surface area contributed by atoms with E-state index in [1.165, 1.54) is 33.4 Å². The second-order valence-corrected chi connectivity index (χ2v) is 13.5. The Balaban J connectivity index is 1.67. The first-order valence-corrected chi connectivity index (χ1v) is 14.5. The van der Waals surface area contributed by atoms with Crippen LogP contribution in [0.3, 0.4) is 0 Å². The van der Waals surface area contributed by atoms with Crippen LogP contribution in [-0.4, -0.2) is 26.9 Å². The zero-order valence-corrected chi connectivity index (χ0v) is 21.1. The van der Waals surface area contributed by atoms with Crippen molar-refractivity contribution in [1.82, 2.24) is 5.32 Å². The van der Waals surface area contributed by atoms with Crippen molar-refractivity contribution in [3.8, 4) is 0 Å². The van der Waals surface area contributed by atoms with Gasteiger partial charge < -0.3 is 9.74 Å². The zero-order valence-electron chi connectivity index (χ0n) is 20.1. The highest BCUT2D eigenvalue weighted by Crippen LogP contribution is 2.26. The van der Waals surface area contributed by atoms with Crippen LogP contribution >= 0.6 is 0 Å². The maximum Gasteiger partial charge on any atom is 0.220 e. The van der Waals surface area contributed by atoms with Gasteiger partial charge in [0.05, 0.1) is 12.6 Å². The lowest BCUT2D eigenvalue weighted by molar-refractivity contribution is -0.119. The monoisotopic (exact) mass is 457 g/mol. The quantitative estimate of drug-likeness (QED) is 0.431. The highest BCUT2D eigenvalue weighted by atomic mass is 28.4. The summed E-state index contributed by atoms with van der Waals surface area (Å²) in [7, 11) is -2.31. The molecule has 4 heteroatoms. The van der Waals surface area contributed by atoms with Crippen LogP contribution in [-0.2, 0) is 27.4 Å². The Bertz CT molecular complexity index is 943. The third-order valence-corrected chi connectivity index (χ3v) is 10.6. The van der Waals surface area contributed by atoms with Gasteiger partial charge in [0.1, 0.15) is 0 Å². The minimum absolute atomic E-state index is 0.124. The van der Waals surface area contributed by atoms with Gasteiger partial charge in [-0.2, -0.15) is 0 Å². The fourth-order valence-electron chi connectivity index (χ4n) is 4.65. The van der Waals surface area contributed by atoms with Gasteiger partial charge in [0.2, 0.25) is 14.2 Å². The van der Waals surface area contributed by atoms with Crippen LogP contribution in [0, 0.1) is 20.8 Å². The molecule has 0 radical (unpaired) electrons. The molecule has 1 amide bonds. The predicted molar refractivity (Wildman–Crippen MR) is 138 cm³/mol. The van der Waals surface area contributed by atoms with Crippen molar-refractivity contribution in [1.29, 1.82) is 0 Å². The van der Waals surface area contributed by atoms with Crippen molar-refractivity contribution >= 4 is 14.2 Å². The SMILES string of the molecule is Cc1ccc(C[Si](Cc2ccc(C)cc2)(Cc2ccc(C)cc2)OCC2CCC(=O)N2)cc1. The van der Waals surface area contributed by atoms with Gasteiger partial charge in [-0.25, -0.2) is 0 Å². The van der Waals surface area contributed by atoms with Crippen molar-refractivity contribution in [2.75, 3.05) is 6.61 Å². The number of rotatable bonds is 9. The molecule has 0 aliphatic carbocycles. The summed E-state index contributed by atoms with van der Waals surface area (Å²) in [6, 6.07) is 29.7. The summed E-state index contributed by atoms with van der Waals surface area (Å²) >= 11 is 0. The molecular weight excluding hydrogens is 422 g/mol. The molecule has 172 valence electrons. The van der Waals surface area contributed by atoms with E-state index in [9.17, 15) is 4.79 Å². The minimum Gasteiger partial charge on any atom is -0.414 e. The Kier molecular flexibility index (Phi) is 7.46. The number of carbonyl (C=O) groups excluding carboxylic acids is 1. The Labute approximate surface area is 199 Å². The smallest absolute Gasteiger partial charge is 0.220 e. The normalized spacial score (nSPS) is 16.1. The van der Waals surface area contributed by atoms with Crippen LogP contribution in [0.15, 0.2) is 72.8 Å². The van der Waals surface area contributed by atoms with Crippen LogP contribution < -0.4 is 5.32 Å². The highest BCUT2D eigenvalue weighted by molar-refractivity contribution is 6.72.